The van der Waals surface area contributed by atoms with E-state index in [-0.39, 0.29) is 33.0 Å². The molecule has 11 atom stereocenters. The molecule has 57 heavy (non-hydrogen) atoms. The van der Waals surface area contributed by atoms with E-state index in [1.54, 1.807) is 0 Å². The molecule has 4 saturated heterocycles. The summed E-state index contributed by atoms with van der Waals surface area (Å²) in [6.07, 6.45) is -9.38. The lowest BCUT2D eigenvalue weighted by Crippen LogP contribution is -2.67. The Morgan fingerprint density at radius 2 is 1.26 bits per heavy atom. The van der Waals surface area contributed by atoms with E-state index in [9.17, 15) is 9.59 Å². The Morgan fingerprint density at radius 1 is 0.684 bits per heavy atom. The van der Waals surface area contributed by atoms with Crippen LogP contribution in [-0.4, -0.2) is 98.6 Å². The Hall–Kier alpha value is -4.54. The maximum Gasteiger partial charge on any atom is 0.417 e. The highest BCUT2D eigenvalue weighted by atomic mass is 16.8. The fourth-order valence-electron chi connectivity index (χ4n) is 7.78. The number of hydrogen-bond acceptors (Lipinski definition) is 12. The summed E-state index contributed by atoms with van der Waals surface area (Å²) in [6, 6.07) is 38.1. The average molecular weight is 782 g/mol. The second-order valence-electron chi connectivity index (χ2n) is 14.4. The number of rotatable bonds is 14. The van der Waals surface area contributed by atoms with E-state index in [1.165, 1.54) is 14.0 Å². The molecule has 0 unspecified atom stereocenters. The minimum absolute atomic E-state index is 0.0352. The third-order valence-electron chi connectivity index (χ3n) is 10.5. The Morgan fingerprint density at radius 3 is 1.86 bits per heavy atom. The van der Waals surface area contributed by atoms with E-state index < -0.39 is 79.6 Å². The smallest absolute Gasteiger partial charge is 0.417 e. The van der Waals surface area contributed by atoms with Crippen molar-refractivity contribution >= 4 is 12.0 Å². The van der Waals surface area contributed by atoms with Gasteiger partial charge in [-0.1, -0.05) is 121 Å². The lowest BCUT2D eigenvalue weighted by Gasteiger charge is -2.50. The summed E-state index contributed by atoms with van der Waals surface area (Å²) < 4.78 is 64.5. The molecule has 0 aliphatic carbocycles. The zero-order chi connectivity index (χ0) is 39.1. The molecule has 4 aromatic carbocycles. The zero-order valence-corrected chi connectivity index (χ0v) is 31.8. The molecule has 13 heteroatoms. The van der Waals surface area contributed by atoms with Crippen molar-refractivity contribution < 1.29 is 57.0 Å². The minimum Gasteiger partial charge on any atom is -0.440 e. The number of imide groups is 1. The summed E-state index contributed by atoms with van der Waals surface area (Å²) in [4.78, 5) is 27.1. The van der Waals surface area contributed by atoms with Crippen LogP contribution in [0.5, 0.6) is 0 Å². The second-order valence-corrected chi connectivity index (χ2v) is 14.4. The van der Waals surface area contributed by atoms with Gasteiger partial charge in [-0.05, 0) is 16.7 Å². The van der Waals surface area contributed by atoms with Crippen molar-refractivity contribution in [2.24, 2.45) is 0 Å². The van der Waals surface area contributed by atoms with Gasteiger partial charge in [-0.2, -0.15) is 0 Å². The molecule has 0 N–H and O–H groups in total. The first-order valence-corrected chi connectivity index (χ1v) is 19.2. The molecule has 2 amide bonds. The zero-order valence-electron chi connectivity index (χ0n) is 31.8. The molecule has 4 aliphatic heterocycles. The van der Waals surface area contributed by atoms with Crippen molar-refractivity contribution in [3.8, 4) is 0 Å². The van der Waals surface area contributed by atoms with E-state index in [2.05, 4.69) is 0 Å². The SMILES string of the molecule is CO[C@H]1O[C@H](COCc2ccccc2)[C@@H](O[C@H]2O[C@@H]3CO[C@@H](c4ccccc4)O[C@H]3[C@H](OCc3ccccc3)[C@H]2OCc2ccccc2)[C@@H]2OC(=O)N(C(C)=O)[C@@H]12. The Kier molecular flexibility index (Phi) is 12.7. The standard InChI is InChI=1S/C44H47NO12/c1-28(46)45-35-38(57-44(45)47)36(33(53-42(35)48-2)26-49-23-29-15-7-3-8-16-29)56-43-40(51-25-31-19-11-5-12-20-31)39(50-24-30-17-9-4-10-18-30)37-34(54-43)27-52-41(55-37)32-21-13-6-14-22-32/h3-22,33-43H,23-27H2,1-2H3/t33-,34-,35-,36-,37-,38-,39+,40-,41-,42+,43-/m1/s1. The highest BCUT2D eigenvalue weighted by Crippen LogP contribution is 2.41. The fraction of sp³-hybridized carbons (Fsp3) is 0.409. The van der Waals surface area contributed by atoms with Crippen LogP contribution < -0.4 is 0 Å². The normalized spacial score (nSPS) is 30.9. The van der Waals surface area contributed by atoms with Crippen molar-refractivity contribution in [3.05, 3.63) is 144 Å². The monoisotopic (exact) mass is 781 g/mol. The summed E-state index contributed by atoms with van der Waals surface area (Å²) in [6.45, 7) is 2.23. The van der Waals surface area contributed by atoms with Crippen molar-refractivity contribution in [2.75, 3.05) is 20.3 Å². The molecule has 13 nitrogen and oxygen atoms in total. The molecule has 0 radical (unpaired) electrons. The number of benzene rings is 4. The Labute approximate surface area is 331 Å². The number of methoxy groups -OCH3 is 1. The second kappa shape index (κ2) is 18.4. The van der Waals surface area contributed by atoms with Gasteiger partial charge in [0.1, 0.15) is 42.7 Å². The van der Waals surface area contributed by atoms with E-state index >= 15 is 0 Å². The van der Waals surface area contributed by atoms with Gasteiger partial charge in [0.05, 0.1) is 33.0 Å². The first kappa shape index (κ1) is 39.3. The molecule has 0 bridgehead atoms. The Balaban J connectivity index is 1.13. The summed E-state index contributed by atoms with van der Waals surface area (Å²) >= 11 is 0. The van der Waals surface area contributed by atoms with Crippen LogP contribution in [0.25, 0.3) is 0 Å². The lowest BCUT2D eigenvalue weighted by atomic mass is 9.94. The third kappa shape index (κ3) is 8.97. The van der Waals surface area contributed by atoms with E-state index in [4.69, 9.17) is 47.4 Å². The van der Waals surface area contributed by atoms with Crippen LogP contribution in [0.15, 0.2) is 121 Å². The van der Waals surface area contributed by atoms with Crippen LogP contribution in [0.1, 0.15) is 35.5 Å². The molecule has 0 saturated carbocycles. The Bertz CT molecular complexity index is 1890. The van der Waals surface area contributed by atoms with Gasteiger partial charge in [-0.25, -0.2) is 9.69 Å². The predicted octanol–water partition coefficient (Wildman–Crippen LogP) is 5.71. The lowest BCUT2D eigenvalue weighted by molar-refractivity contribution is -0.389. The van der Waals surface area contributed by atoms with Gasteiger partial charge >= 0.3 is 6.09 Å². The molecule has 4 aliphatic rings. The van der Waals surface area contributed by atoms with Crippen LogP contribution in [0.2, 0.25) is 0 Å². The number of carbonyl (C=O) groups is 2. The molecule has 0 aromatic heterocycles. The maximum absolute atomic E-state index is 13.3. The maximum atomic E-state index is 13.3. The predicted molar refractivity (Wildman–Crippen MR) is 202 cm³/mol. The molecule has 8 rings (SSSR count). The summed E-state index contributed by atoms with van der Waals surface area (Å²) in [5, 5.41) is 0. The van der Waals surface area contributed by atoms with Crippen LogP contribution >= 0.6 is 0 Å². The van der Waals surface area contributed by atoms with Gasteiger partial charge < -0.3 is 47.4 Å². The van der Waals surface area contributed by atoms with Crippen molar-refractivity contribution in [3.63, 3.8) is 0 Å². The van der Waals surface area contributed by atoms with Crippen molar-refractivity contribution in [2.45, 2.75) is 94.4 Å². The molecule has 4 fully saturated rings. The van der Waals surface area contributed by atoms with Crippen LogP contribution in [0, 0.1) is 0 Å². The highest BCUT2D eigenvalue weighted by molar-refractivity contribution is 5.92. The van der Waals surface area contributed by atoms with Gasteiger partial charge in [-0.3, -0.25) is 4.79 Å². The minimum atomic E-state index is -1.12. The number of amides is 2. The summed E-state index contributed by atoms with van der Waals surface area (Å²) in [5.74, 6) is -0.518. The van der Waals surface area contributed by atoms with Crippen molar-refractivity contribution in [1.29, 1.82) is 0 Å². The topological polar surface area (TPSA) is 130 Å². The van der Waals surface area contributed by atoms with E-state index in [0.29, 0.717) is 0 Å². The first-order valence-electron chi connectivity index (χ1n) is 19.2. The van der Waals surface area contributed by atoms with Crippen LogP contribution in [0.4, 0.5) is 4.79 Å². The first-order chi connectivity index (χ1) is 28.0. The summed E-state index contributed by atoms with van der Waals surface area (Å²) in [5.41, 5.74) is 3.70. The number of fused-ring (bicyclic) bond motifs is 2. The number of hydrogen-bond donors (Lipinski definition) is 0. The molecule has 300 valence electrons. The summed E-state index contributed by atoms with van der Waals surface area (Å²) in [7, 11) is 1.45. The number of ether oxygens (including phenoxy) is 10. The fourth-order valence-corrected chi connectivity index (χ4v) is 7.78. The molecular formula is C44H47NO12. The van der Waals surface area contributed by atoms with Gasteiger partial charge in [0.25, 0.3) is 0 Å². The van der Waals surface area contributed by atoms with Crippen molar-refractivity contribution in [1.82, 2.24) is 4.90 Å². The van der Waals surface area contributed by atoms with Crippen LogP contribution in [0.3, 0.4) is 0 Å². The van der Waals surface area contributed by atoms with Gasteiger partial charge in [-0.15, -0.1) is 0 Å². The molecule has 4 aromatic rings. The number of carbonyl (C=O) groups excluding carboxylic acids is 2. The molecule has 4 heterocycles. The number of nitrogens with zero attached hydrogens (tertiary/aromatic N) is 1. The van der Waals surface area contributed by atoms with Gasteiger partial charge in [0.2, 0.25) is 5.91 Å². The largest absolute Gasteiger partial charge is 0.440 e. The molecule has 0 spiro atoms. The van der Waals surface area contributed by atoms with E-state index in [0.717, 1.165) is 27.2 Å². The van der Waals surface area contributed by atoms with Gasteiger partial charge in [0.15, 0.2) is 25.0 Å². The van der Waals surface area contributed by atoms with E-state index in [1.807, 2.05) is 121 Å². The quantitative estimate of drug-likeness (QED) is 0.156. The molecular weight excluding hydrogens is 734 g/mol. The average Bonchev–Trinajstić information content (AvgIpc) is 3.61. The van der Waals surface area contributed by atoms with Gasteiger partial charge in [0, 0.05) is 19.6 Å². The van der Waals surface area contributed by atoms with Crippen LogP contribution in [-0.2, 0) is 72.0 Å². The third-order valence-corrected chi connectivity index (χ3v) is 10.5. The highest BCUT2D eigenvalue weighted by Gasteiger charge is 2.61.